The molecule has 180 valence electrons. The zero-order chi connectivity index (χ0) is 24.8. The summed E-state index contributed by atoms with van der Waals surface area (Å²) in [6.07, 6.45) is -0.437. The van der Waals surface area contributed by atoms with Crippen LogP contribution in [0.5, 0.6) is 11.5 Å². The van der Waals surface area contributed by atoms with Crippen molar-refractivity contribution in [1.29, 1.82) is 0 Å². The van der Waals surface area contributed by atoms with Crippen LogP contribution in [0, 0.1) is 5.82 Å². The lowest BCUT2D eigenvalue weighted by molar-refractivity contribution is -0.115. The normalized spacial score (nSPS) is 12.6. The average Bonchev–Trinajstić information content (AvgIpc) is 3.30. The van der Waals surface area contributed by atoms with E-state index in [4.69, 9.17) is 9.47 Å². The third-order valence-corrected chi connectivity index (χ3v) is 6.23. The van der Waals surface area contributed by atoms with E-state index >= 15 is 0 Å². The third kappa shape index (κ3) is 5.81. The second-order valence-electron chi connectivity index (χ2n) is 7.68. The summed E-state index contributed by atoms with van der Waals surface area (Å²) in [4.78, 5) is 12.8. The van der Waals surface area contributed by atoms with Crippen molar-refractivity contribution in [1.82, 2.24) is 14.8 Å². The number of amides is 1. The first-order chi connectivity index (χ1) is 17.0. The SMILES string of the molecule is COc1ccc(OC(C)c2nnc(SC(C)C(=O)Nc3ccccc3F)n2-c2ccccc2)cc1. The van der Waals surface area contributed by atoms with Gasteiger partial charge in [-0.15, -0.1) is 10.2 Å². The molecule has 4 rings (SSSR count). The second kappa shape index (κ2) is 11.1. The van der Waals surface area contributed by atoms with E-state index in [9.17, 15) is 9.18 Å². The number of para-hydroxylation sites is 2. The van der Waals surface area contributed by atoms with Crippen molar-refractivity contribution in [3.8, 4) is 17.2 Å². The van der Waals surface area contributed by atoms with E-state index in [1.807, 2.05) is 66.1 Å². The number of hydrogen-bond acceptors (Lipinski definition) is 6. The fraction of sp³-hybridized carbons (Fsp3) is 0.192. The second-order valence-corrected chi connectivity index (χ2v) is 8.98. The molecule has 0 aliphatic rings. The van der Waals surface area contributed by atoms with Crippen LogP contribution in [0.25, 0.3) is 5.69 Å². The maximum absolute atomic E-state index is 14.0. The summed E-state index contributed by atoms with van der Waals surface area (Å²) in [7, 11) is 1.61. The van der Waals surface area contributed by atoms with Crippen molar-refractivity contribution < 1.29 is 18.7 Å². The number of rotatable bonds is 9. The van der Waals surface area contributed by atoms with Crippen molar-refractivity contribution in [3.05, 3.63) is 90.5 Å². The molecule has 0 aliphatic heterocycles. The number of nitrogens with one attached hydrogen (secondary N) is 1. The van der Waals surface area contributed by atoms with E-state index in [1.54, 1.807) is 26.2 Å². The molecule has 0 fully saturated rings. The zero-order valence-corrected chi connectivity index (χ0v) is 20.3. The summed E-state index contributed by atoms with van der Waals surface area (Å²) in [6, 6.07) is 23.0. The van der Waals surface area contributed by atoms with Gasteiger partial charge in [-0.1, -0.05) is 42.1 Å². The predicted octanol–water partition coefficient (Wildman–Crippen LogP) is 5.67. The van der Waals surface area contributed by atoms with Crippen LogP contribution in [0.15, 0.2) is 84.0 Å². The summed E-state index contributed by atoms with van der Waals surface area (Å²) in [5, 5.41) is 11.3. The van der Waals surface area contributed by atoms with Gasteiger partial charge in [0.25, 0.3) is 0 Å². The molecule has 1 N–H and O–H groups in total. The molecule has 0 radical (unpaired) electrons. The number of carbonyl (C=O) groups is 1. The first-order valence-corrected chi connectivity index (χ1v) is 11.9. The van der Waals surface area contributed by atoms with E-state index in [0.29, 0.717) is 16.7 Å². The highest BCUT2D eigenvalue weighted by Crippen LogP contribution is 2.31. The van der Waals surface area contributed by atoms with Crippen molar-refractivity contribution in [2.24, 2.45) is 0 Å². The number of aromatic nitrogens is 3. The lowest BCUT2D eigenvalue weighted by Gasteiger charge is -2.18. The van der Waals surface area contributed by atoms with Crippen LogP contribution in [0.2, 0.25) is 0 Å². The van der Waals surface area contributed by atoms with E-state index in [2.05, 4.69) is 15.5 Å². The molecule has 2 unspecified atom stereocenters. The van der Waals surface area contributed by atoms with Crippen LogP contribution in [0.4, 0.5) is 10.1 Å². The van der Waals surface area contributed by atoms with Gasteiger partial charge in [0.1, 0.15) is 17.3 Å². The molecule has 7 nitrogen and oxygen atoms in total. The highest BCUT2D eigenvalue weighted by Gasteiger charge is 2.25. The predicted molar refractivity (Wildman–Crippen MR) is 134 cm³/mol. The van der Waals surface area contributed by atoms with E-state index in [1.165, 1.54) is 23.9 Å². The minimum atomic E-state index is -0.563. The number of benzene rings is 3. The van der Waals surface area contributed by atoms with Crippen molar-refractivity contribution in [2.75, 3.05) is 12.4 Å². The van der Waals surface area contributed by atoms with Gasteiger partial charge in [0, 0.05) is 5.69 Å². The van der Waals surface area contributed by atoms with Crippen LogP contribution in [0.1, 0.15) is 25.8 Å². The molecular formula is C26H25FN4O3S. The smallest absolute Gasteiger partial charge is 0.237 e. The molecule has 9 heteroatoms. The Morgan fingerprint density at radius 3 is 2.29 bits per heavy atom. The van der Waals surface area contributed by atoms with Gasteiger partial charge in [-0.2, -0.15) is 0 Å². The molecule has 0 saturated carbocycles. The summed E-state index contributed by atoms with van der Waals surface area (Å²) in [5.41, 5.74) is 0.971. The van der Waals surface area contributed by atoms with E-state index in [0.717, 1.165) is 11.4 Å². The number of hydrogen-bond donors (Lipinski definition) is 1. The summed E-state index contributed by atoms with van der Waals surface area (Å²) in [5.74, 6) is 1.15. The van der Waals surface area contributed by atoms with Gasteiger partial charge in [-0.05, 0) is 62.4 Å². The van der Waals surface area contributed by atoms with Crippen molar-refractivity contribution >= 4 is 23.4 Å². The fourth-order valence-electron chi connectivity index (χ4n) is 3.36. The van der Waals surface area contributed by atoms with Crippen LogP contribution in [-0.4, -0.2) is 33.0 Å². The maximum atomic E-state index is 14.0. The Morgan fingerprint density at radius 2 is 1.60 bits per heavy atom. The van der Waals surface area contributed by atoms with Crippen LogP contribution in [-0.2, 0) is 4.79 Å². The molecule has 1 amide bonds. The fourth-order valence-corrected chi connectivity index (χ4v) is 4.23. The third-order valence-electron chi connectivity index (χ3n) is 5.19. The van der Waals surface area contributed by atoms with Crippen LogP contribution in [0.3, 0.4) is 0 Å². The number of nitrogens with zero attached hydrogens (tertiary/aromatic N) is 3. The van der Waals surface area contributed by atoms with Crippen molar-refractivity contribution in [2.45, 2.75) is 30.4 Å². The Labute approximate surface area is 207 Å². The molecule has 3 aromatic carbocycles. The molecule has 1 aromatic heterocycles. The number of carbonyl (C=O) groups excluding carboxylic acids is 1. The average molecular weight is 493 g/mol. The number of ether oxygens (including phenoxy) is 2. The first-order valence-electron chi connectivity index (χ1n) is 11.0. The van der Waals surface area contributed by atoms with Gasteiger partial charge in [0.05, 0.1) is 18.0 Å². The van der Waals surface area contributed by atoms with Gasteiger partial charge in [0.2, 0.25) is 5.91 Å². The molecule has 1 heterocycles. The maximum Gasteiger partial charge on any atom is 0.237 e. The molecular weight excluding hydrogens is 467 g/mol. The Bertz CT molecular complexity index is 1280. The van der Waals surface area contributed by atoms with Gasteiger partial charge in [-0.3, -0.25) is 9.36 Å². The Morgan fingerprint density at radius 1 is 0.943 bits per heavy atom. The standard InChI is InChI=1S/C26H25FN4O3S/c1-17(34-21-15-13-20(33-3)14-16-21)24-29-30-26(31(24)19-9-5-4-6-10-19)35-18(2)25(32)28-23-12-8-7-11-22(23)27/h4-18H,1-3H3,(H,28,32). The van der Waals surface area contributed by atoms with E-state index in [-0.39, 0.29) is 11.6 Å². The minimum Gasteiger partial charge on any atom is -0.497 e. The largest absolute Gasteiger partial charge is 0.497 e. The van der Waals surface area contributed by atoms with Crippen LogP contribution >= 0.6 is 11.8 Å². The zero-order valence-electron chi connectivity index (χ0n) is 19.5. The first kappa shape index (κ1) is 24.3. The molecule has 4 aromatic rings. The number of anilines is 1. The monoisotopic (exact) mass is 492 g/mol. The topological polar surface area (TPSA) is 78.3 Å². The Hall–Kier alpha value is -3.85. The van der Waals surface area contributed by atoms with Gasteiger partial charge >= 0.3 is 0 Å². The minimum absolute atomic E-state index is 0.136. The Kier molecular flexibility index (Phi) is 7.67. The lowest BCUT2D eigenvalue weighted by atomic mass is 10.3. The molecule has 0 saturated heterocycles. The lowest BCUT2D eigenvalue weighted by Crippen LogP contribution is -2.23. The number of thioether (sulfide) groups is 1. The molecule has 35 heavy (non-hydrogen) atoms. The van der Waals surface area contributed by atoms with E-state index < -0.39 is 17.2 Å². The van der Waals surface area contributed by atoms with Crippen molar-refractivity contribution in [3.63, 3.8) is 0 Å². The van der Waals surface area contributed by atoms with Gasteiger partial charge in [0.15, 0.2) is 17.1 Å². The number of methoxy groups -OCH3 is 1. The highest BCUT2D eigenvalue weighted by atomic mass is 32.2. The molecule has 0 spiro atoms. The molecule has 0 bridgehead atoms. The summed E-state index contributed by atoms with van der Waals surface area (Å²) < 4.78 is 27.1. The molecule has 0 aliphatic carbocycles. The number of halogens is 1. The highest BCUT2D eigenvalue weighted by molar-refractivity contribution is 8.00. The summed E-state index contributed by atoms with van der Waals surface area (Å²) in [6.45, 7) is 3.62. The quantitative estimate of drug-likeness (QED) is 0.303. The Balaban J connectivity index is 1.57. The van der Waals surface area contributed by atoms with Gasteiger partial charge < -0.3 is 14.8 Å². The van der Waals surface area contributed by atoms with Gasteiger partial charge in [-0.25, -0.2) is 4.39 Å². The van der Waals surface area contributed by atoms with Crippen LogP contribution < -0.4 is 14.8 Å². The molecule has 2 atom stereocenters. The summed E-state index contributed by atoms with van der Waals surface area (Å²) >= 11 is 1.23.